The maximum Gasteiger partial charge on any atom is 0.256 e. The van der Waals surface area contributed by atoms with E-state index in [-0.39, 0.29) is 24.4 Å². The fraction of sp³-hybridized carbons (Fsp3) is 0.400. The maximum absolute atomic E-state index is 11.5. The Bertz CT molecular complexity index is 387. The van der Waals surface area contributed by atoms with Crippen LogP contribution in [0.1, 0.15) is 24.2 Å². The molecule has 0 aliphatic rings. The molecule has 0 saturated carbocycles. The van der Waals surface area contributed by atoms with Crippen molar-refractivity contribution in [3.63, 3.8) is 0 Å². The molecule has 0 aromatic carbocycles. The van der Waals surface area contributed by atoms with Gasteiger partial charge in [-0.3, -0.25) is 9.59 Å². The Labute approximate surface area is 102 Å². The number of halogens is 1. The van der Waals surface area contributed by atoms with Gasteiger partial charge in [-0.05, 0) is 35.8 Å². The van der Waals surface area contributed by atoms with Gasteiger partial charge in [0, 0.05) is 6.04 Å². The summed E-state index contributed by atoms with van der Waals surface area (Å²) in [4.78, 5) is 22.8. The molecule has 0 atom stereocenters. The molecular formula is C10H13BrN2O3. The summed E-state index contributed by atoms with van der Waals surface area (Å²) >= 11 is 3.09. The molecule has 16 heavy (non-hydrogen) atoms. The van der Waals surface area contributed by atoms with Gasteiger partial charge in [-0.25, -0.2) is 0 Å². The van der Waals surface area contributed by atoms with Gasteiger partial charge in [0.1, 0.15) is 0 Å². The first-order chi connectivity index (χ1) is 7.50. The fourth-order valence-corrected chi connectivity index (χ4v) is 1.50. The Balaban J connectivity index is 2.42. The van der Waals surface area contributed by atoms with Crippen molar-refractivity contribution in [3.05, 3.63) is 22.6 Å². The minimum absolute atomic E-state index is 0.0470. The van der Waals surface area contributed by atoms with Crippen LogP contribution in [0.5, 0.6) is 0 Å². The first-order valence-electron chi connectivity index (χ1n) is 4.81. The normalized spacial score (nSPS) is 10.2. The molecule has 1 aromatic rings. The minimum Gasteiger partial charge on any atom is -0.457 e. The van der Waals surface area contributed by atoms with Gasteiger partial charge in [-0.2, -0.15) is 0 Å². The van der Waals surface area contributed by atoms with E-state index in [1.165, 1.54) is 12.3 Å². The molecule has 2 N–H and O–H groups in total. The van der Waals surface area contributed by atoms with Crippen molar-refractivity contribution in [2.24, 2.45) is 0 Å². The van der Waals surface area contributed by atoms with E-state index in [9.17, 15) is 9.59 Å². The topological polar surface area (TPSA) is 71.3 Å². The standard InChI is InChI=1S/C10H13BrN2O3/c1-6(2)13-8(14)5-12-10(15)7-3-4-16-9(7)11/h3-4,6H,5H2,1-2H3,(H,12,15)(H,13,14). The van der Waals surface area contributed by atoms with E-state index in [4.69, 9.17) is 4.42 Å². The van der Waals surface area contributed by atoms with Crippen LogP contribution in [0.15, 0.2) is 21.4 Å². The van der Waals surface area contributed by atoms with Gasteiger partial charge >= 0.3 is 0 Å². The van der Waals surface area contributed by atoms with Gasteiger partial charge in [-0.15, -0.1) is 0 Å². The first-order valence-corrected chi connectivity index (χ1v) is 5.60. The molecule has 0 radical (unpaired) electrons. The van der Waals surface area contributed by atoms with Gasteiger partial charge < -0.3 is 15.1 Å². The highest BCUT2D eigenvalue weighted by atomic mass is 79.9. The van der Waals surface area contributed by atoms with E-state index >= 15 is 0 Å². The highest BCUT2D eigenvalue weighted by Gasteiger charge is 2.13. The smallest absolute Gasteiger partial charge is 0.256 e. The van der Waals surface area contributed by atoms with E-state index in [2.05, 4.69) is 26.6 Å². The van der Waals surface area contributed by atoms with Gasteiger partial charge in [0.05, 0.1) is 18.4 Å². The Morgan fingerprint density at radius 1 is 1.50 bits per heavy atom. The molecule has 6 heteroatoms. The van der Waals surface area contributed by atoms with Crippen LogP contribution < -0.4 is 10.6 Å². The highest BCUT2D eigenvalue weighted by molar-refractivity contribution is 9.10. The quantitative estimate of drug-likeness (QED) is 0.877. The molecular weight excluding hydrogens is 276 g/mol. The van der Waals surface area contributed by atoms with Crippen molar-refractivity contribution in [3.8, 4) is 0 Å². The number of carbonyl (C=O) groups is 2. The van der Waals surface area contributed by atoms with Crippen LogP contribution in [-0.4, -0.2) is 24.4 Å². The van der Waals surface area contributed by atoms with Crippen molar-refractivity contribution in [2.45, 2.75) is 19.9 Å². The molecule has 2 amide bonds. The van der Waals surface area contributed by atoms with E-state index < -0.39 is 0 Å². The van der Waals surface area contributed by atoms with Crippen molar-refractivity contribution in [1.29, 1.82) is 0 Å². The molecule has 0 aliphatic carbocycles. The van der Waals surface area contributed by atoms with E-state index in [0.29, 0.717) is 10.2 Å². The summed E-state index contributed by atoms with van der Waals surface area (Å²) < 4.78 is 5.27. The molecule has 5 nitrogen and oxygen atoms in total. The number of nitrogens with one attached hydrogen (secondary N) is 2. The van der Waals surface area contributed by atoms with Crippen molar-refractivity contribution < 1.29 is 14.0 Å². The lowest BCUT2D eigenvalue weighted by molar-refractivity contribution is -0.120. The minimum atomic E-state index is -0.348. The summed E-state index contributed by atoms with van der Waals surface area (Å²) in [7, 11) is 0. The fourth-order valence-electron chi connectivity index (χ4n) is 1.08. The predicted molar refractivity (Wildman–Crippen MR) is 62.0 cm³/mol. The summed E-state index contributed by atoms with van der Waals surface area (Å²) in [5.41, 5.74) is 0.373. The number of hydrogen-bond acceptors (Lipinski definition) is 3. The number of rotatable bonds is 4. The van der Waals surface area contributed by atoms with Crippen LogP contribution in [0.4, 0.5) is 0 Å². The predicted octanol–water partition coefficient (Wildman–Crippen LogP) is 1.30. The zero-order valence-corrected chi connectivity index (χ0v) is 10.6. The number of carbonyl (C=O) groups excluding carboxylic acids is 2. The summed E-state index contributed by atoms with van der Waals surface area (Å²) in [5.74, 6) is -0.567. The van der Waals surface area contributed by atoms with Gasteiger partial charge in [-0.1, -0.05) is 0 Å². The third kappa shape index (κ3) is 3.69. The van der Waals surface area contributed by atoms with E-state index in [0.717, 1.165) is 0 Å². The van der Waals surface area contributed by atoms with E-state index in [1.54, 1.807) is 0 Å². The van der Waals surface area contributed by atoms with Gasteiger partial charge in [0.15, 0.2) is 4.67 Å². The van der Waals surface area contributed by atoms with Gasteiger partial charge in [0.25, 0.3) is 5.91 Å². The molecule has 88 valence electrons. The zero-order valence-electron chi connectivity index (χ0n) is 9.04. The molecule has 1 aromatic heterocycles. The molecule has 0 fully saturated rings. The zero-order chi connectivity index (χ0) is 12.1. The molecule has 0 saturated heterocycles. The Hall–Kier alpha value is -1.30. The monoisotopic (exact) mass is 288 g/mol. The van der Waals surface area contributed by atoms with Crippen molar-refractivity contribution in [1.82, 2.24) is 10.6 Å². The number of hydrogen-bond donors (Lipinski definition) is 2. The van der Waals surface area contributed by atoms with Gasteiger partial charge in [0.2, 0.25) is 5.91 Å². The molecule has 1 heterocycles. The third-order valence-electron chi connectivity index (χ3n) is 1.72. The SMILES string of the molecule is CC(C)NC(=O)CNC(=O)c1ccoc1Br. The second kappa shape index (κ2) is 5.69. The molecule has 0 unspecified atom stereocenters. The highest BCUT2D eigenvalue weighted by Crippen LogP contribution is 2.16. The van der Waals surface area contributed by atoms with Crippen LogP contribution in [0.25, 0.3) is 0 Å². The number of furan rings is 1. The summed E-state index contributed by atoms with van der Waals surface area (Å²) in [6.07, 6.45) is 1.40. The molecule has 0 spiro atoms. The molecule has 1 rings (SSSR count). The third-order valence-corrected chi connectivity index (χ3v) is 2.34. The van der Waals surface area contributed by atoms with Crippen molar-refractivity contribution in [2.75, 3.05) is 6.54 Å². The summed E-state index contributed by atoms with van der Waals surface area (Å²) in [6, 6.07) is 1.59. The average molecular weight is 289 g/mol. The Morgan fingerprint density at radius 3 is 2.69 bits per heavy atom. The Kier molecular flexibility index (Phi) is 4.54. The second-order valence-corrected chi connectivity index (χ2v) is 4.23. The van der Waals surface area contributed by atoms with E-state index in [1.807, 2.05) is 13.8 Å². The summed E-state index contributed by atoms with van der Waals surface area (Å²) in [5, 5.41) is 5.16. The van der Waals surface area contributed by atoms with Crippen LogP contribution in [-0.2, 0) is 4.79 Å². The van der Waals surface area contributed by atoms with Crippen LogP contribution >= 0.6 is 15.9 Å². The lowest BCUT2D eigenvalue weighted by Gasteiger charge is -2.08. The maximum atomic E-state index is 11.5. The Morgan fingerprint density at radius 2 is 2.19 bits per heavy atom. The summed E-state index contributed by atoms with van der Waals surface area (Å²) in [6.45, 7) is 3.66. The number of amides is 2. The molecule has 0 bridgehead atoms. The lowest BCUT2D eigenvalue weighted by atomic mass is 10.3. The van der Waals surface area contributed by atoms with Crippen LogP contribution in [0, 0.1) is 0 Å². The van der Waals surface area contributed by atoms with Crippen LogP contribution in [0.2, 0.25) is 0 Å². The second-order valence-electron chi connectivity index (χ2n) is 3.51. The van der Waals surface area contributed by atoms with Crippen molar-refractivity contribution >= 4 is 27.7 Å². The first kappa shape index (κ1) is 12.8. The average Bonchev–Trinajstić information content (AvgIpc) is 2.60. The molecule has 0 aliphatic heterocycles. The van der Waals surface area contributed by atoms with Crippen LogP contribution in [0.3, 0.4) is 0 Å². The lowest BCUT2D eigenvalue weighted by Crippen LogP contribution is -2.39. The largest absolute Gasteiger partial charge is 0.457 e.